The molecule has 1 amide bonds. The molecule has 0 saturated carbocycles. The molecule has 1 saturated heterocycles. The average Bonchev–Trinajstić information content (AvgIpc) is 2.41. The summed E-state index contributed by atoms with van der Waals surface area (Å²) in [5.74, 6) is -3.56. The Bertz CT molecular complexity index is 356. The van der Waals surface area contributed by atoms with E-state index in [1.165, 1.54) is 0 Å². The molecule has 98 valence electrons. The highest BCUT2D eigenvalue weighted by Gasteiger charge is 2.53. The van der Waals surface area contributed by atoms with Gasteiger partial charge in [0.25, 0.3) is 0 Å². The van der Waals surface area contributed by atoms with E-state index in [1.54, 1.807) is 5.32 Å². The van der Waals surface area contributed by atoms with E-state index < -0.39 is 31.7 Å². The quantitative estimate of drug-likeness (QED) is 0.748. The number of carbonyl (C=O) groups excluding carboxylic acids is 1. The molecule has 8 heteroatoms. The maximum absolute atomic E-state index is 12.1. The standard InChI is InChI=1S/C9H14F3NO3Si/c1-17(2)4-3-8(5-17,7(15)16)13-6(14)9(10,11)12/h3-5H2,1-2H3,(H,13,14)(H,15,16). The van der Waals surface area contributed by atoms with E-state index >= 15 is 0 Å². The van der Waals surface area contributed by atoms with Crippen molar-refractivity contribution in [3.05, 3.63) is 0 Å². The number of hydrogen-bond donors (Lipinski definition) is 2. The molecular formula is C9H14F3NO3Si. The first-order chi connectivity index (χ1) is 7.49. The first-order valence-electron chi connectivity index (χ1n) is 5.11. The van der Waals surface area contributed by atoms with E-state index in [-0.39, 0.29) is 12.5 Å². The fourth-order valence-corrected chi connectivity index (χ4v) is 5.51. The molecule has 0 aliphatic carbocycles. The lowest BCUT2D eigenvalue weighted by Gasteiger charge is -2.27. The maximum Gasteiger partial charge on any atom is 0.471 e. The van der Waals surface area contributed by atoms with Crippen LogP contribution < -0.4 is 5.32 Å². The van der Waals surface area contributed by atoms with Crippen molar-refractivity contribution in [2.45, 2.75) is 43.3 Å². The van der Waals surface area contributed by atoms with E-state index in [2.05, 4.69) is 0 Å². The Hall–Kier alpha value is -1.05. The van der Waals surface area contributed by atoms with E-state index in [0.717, 1.165) is 0 Å². The summed E-state index contributed by atoms with van der Waals surface area (Å²) in [6.07, 6.45) is -4.97. The lowest BCUT2D eigenvalue weighted by atomic mass is 9.99. The van der Waals surface area contributed by atoms with E-state index in [4.69, 9.17) is 5.11 Å². The number of amides is 1. The van der Waals surface area contributed by atoms with Gasteiger partial charge in [-0.1, -0.05) is 19.1 Å². The summed E-state index contributed by atoms with van der Waals surface area (Å²) in [6, 6.07) is 0.731. The molecule has 0 aromatic carbocycles. The van der Waals surface area contributed by atoms with Gasteiger partial charge in [-0.2, -0.15) is 13.2 Å². The first kappa shape index (κ1) is 14.0. The topological polar surface area (TPSA) is 66.4 Å². The minimum absolute atomic E-state index is 0.0728. The van der Waals surface area contributed by atoms with Gasteiger partial charge in [-0.25, -0.2) is 4.79 Å². The number of carboxylic acid groups (broad SMARTS) is 1. The van der Waals surface area contributed by atoms with Crippen LogP contribution >= 0.6 is 0 Å². The number of alkyl halides is 3. The molecule has 1 heterocycles. The predicted octanol–water partition coefficient (Wildman–Crippen LogP) is 1.60. The monoisotopic (exact) mass is 269 g/mol. The van der Waals surface area contributed by atoms with Crippen LogP contribution in [0.1, 0.15) is 6.42 Å². The van der Waals surface area contributed by atoms with Crippen LogP contribution in [0.4, 0.5) is 13.2 Å². The van der Waals surface area contributed by atoms with Gasteiger partial charge >= 0.3 is 18.1 Å². The van der Waals surface area contributed by atoms with Gasteiger partial charge in [0, 0.05) is 0 Å². The average molecular weight is 269 g/mol. The van der Waals surface area contributed by atoms with Crippen LogP contribution in [0.5, 0.6) is 0 Å². The van der Waals surface area contributed by atoms with Crippen molar-refractivity contribution in [1.29, 1.82) is 0 Å². The molecule has 0 spiro atoms. The number of aliphatic carboxylic acids is 1. The van der Waals surface area contributed by atoms with E-state index in [1.807, 2.05) is 13.1 Å². The molecule has 0 radical (unpaired) electrons. The molecule has 0 aromatic heterocycles. The SMILES string of the molecule is C[Si]1(C)CCC(NC(=O)C(F)(F)F)(C(=O)O)C1. The van der Waals surface area contributed by atoms with Crippen LogP contribution in [0.25, 0.3) is 0 Å². The molecule has 1 aliphatic rings. The maximum atomic E-state index is 12.1. The van der Waals surface area contributed by atoms with Crippen molar-refractivity contribution in [1.82, 2.24) is 5.32 Å². The third-order valence-electron chi connectivity index (χ3n) is 3.03. The second kappa shape index (κ2) is 4.00. The van der Waals surface area contributed by atoms with Crippen LogP contribution in [-0.4, -0.2) is 36.8 Å². The Balaban J connectivity index is 2.90. The third-order valence-corrected chi connectivity index (χ3v) is 6.19. The van der Waals surface area contributed by atoms with Crippen molar-refractivity contribution < 1.29 is 27.9 Å². The summed E-state index contributed by atoms with van der Waals surface area (Å²) in [4.78, 5) is 22.0. The Morgan fingerprint density at radius 3 is 2.18 bits per heavy atom. The first-order valence-corrected chi connectivity index (χ1v) is 8.53. The van der Waals surface area contributed by atoms with Gasteiger partial charge in [-0.05, 0) is 12.5 Å². The molecule has 1 aliphatic heterocycles. The molecule has 4 nitrogen and oxygen atoms in total. The largest absolute Gasteiger partial charge is 0.480 e. The van der Waals surface area contributed by atoms with Crippen LogP contribution in [0.15, 0.2) is 0 Å². The van der Waals surface area contributed by atoms with Crippen LogP contribution in [0.3, 0.4) is 0 Å². The third kappa shape index (κ3) is 2.99. The molecule has 1 unspecified atom stereocenters. The molecule has 0 bridgehead atoms. The highest BCUT2D eigenvalue weighted by molar-refractivity contribution is 6.78. The zero-order valence-corrected chi connectivity index (χ0v) is 10.5. The smallest absolute Gasteiger partial charge is 0.471 e. The molecule has 17 heavy (non-hydrogen) atoms. The zero-order chi connectivity index (χ0) is 13.5. The second-order valence-electron chi connectivity index (χ2n) is 5.18. The van der Waals surface area contributed by atoms with E-state index in [0.29, 0.717) is 6.04 Å². The normalized spacial score (nSPS) is 27.8. The Kier molecular flexibility index (Phi) is 3.30. The summed E-state index contributed by atoms with van der Waals surface area (Å²) in [5.41, 5.74) is -1.73. The summed E-state index contributed by atoms with van der Waals surface area (Å²) in [5, 5.41) is 10.7. The van der Waals surface area contributed by atoms with Crippen LogP contribution in [-0.2, 0) is 9.59 Å². The summed E-state index contributed by atoms with van der Waals surface area (Å²) in [6.45, 7) is 3.80. The molecule has 0 aromatic rings. The zero-order valence-electron chi connectivity index (χ0n) is 9.52. The van der Waals surface area contributed by atoms with Crippen molar-refractivity contribution in [2.75, 3.05) is 0 Å². The molecular weight excluding hydrogens is 255 g/mol. The number of hydrogen-bond acceptors (Lipinski definition) is 2. The highest BCUT2D eigenvalue weighted by Crippen LogP contribution is 2.39. The van der Waals surface area contributed by atoms with Crippen molar-refractivity contribution in [3.63, 3.8) is 0 Å². The van der Waals surface area contributed by atoms with Gasteiger partial charge in [0.1, 0.15) is 5.54 Å². The van der Waals surface area contributed by atoms with Gasteiger partial charge in [-0.3, -0.25) is 4.79 Å². The van der Waals surface area contributed by atoms with Gasteiger partial charge in [0.05, 0.1) is 8.07 Å². The summed E-state index contributed by atoms with van der Waals surface area (Å²) >= 11 is 0. The minimum Gasteiger partial charge on any atom is -0.480 e. The van der Waals surface area contributed by atoms with E-state index in [9.17, 15) is 22.8 Å². The van der Waals surface area contributed by atoms with Gasteiger partial charge < -0.3 is 10.4 Å². The number of carboxylic acids is 1. The number of halogens is 3. The number of rotatable bonds is 2. The molecule has 1 atom stereocenters. The fourth-order valence-electron chi connectivity index (χ4n) is 2.18. The van der Waals surface area contributed by atoms with Crippen molar-refractivity contribution >= 4 is 20.0 Å². The second-order valence-corrected chi connectivity index (χ2v) is 10.4. The van der Waals surface area contributed by atoms with Gasteiger partial charge in [-0.15, -0.1) is 0 Å². The van der Waals surface area contributed by atoms with Crippen LogP contribution in [0, 0.1) is 0 Å². The fraction of sp³-hybridized carbons (Fsp3) is 0.778. The number of carbonyl (C=O) groups is 2. The van der Waals surface area contributed by atoms with Crippen LogP contribution in [0.2, 0.25) is 25.2 Å². The Morgan fingerprint density at radius 1 is 1.35 bits per heavy atom. The van der Waals surface area contributed by atoms with Gasteiger partial charge in [0.15, 0.2) is 0 Å². The Morgan fingerprint density at radius 2 is 1.88 bits per heavy atom. The van der Waals surface area contributed by atoms with Crippen molar-refractivity contribution in [3.8, 4) is 0 Å². The highest BCUT2D eigenvalue weighted by atomic mass is 28.3. The lowest BCUT2D eigenvalue weighted by molar-refractivity contribution is -0.177. The van der Waals surface area contributed by atoms with Crippen molar-refractivity contribution in [2.24, 2.45) is 0 Å². The molecule has 1 fully saturated rings. The minimum atomic E-state index is -5.04. The predicted molar refractivity (Wildman–Crippen MR) is 56.3 cm³/mol. The lowest BCUT2D eigenvalue weighted by Crippen LogP contribution is -2.56. The molecule has 1 rings (SSSR count). The molecule has 2 N–H and O–H groups in total. The summed E-state index contributed by atoms with van der Waals surface area (Å²) < 4.78 is 36.4. The Labute approximate surface area is 97.2 Å². The van der Waals surface area contributed by atoms with Gasteiger partial charge in [0.2, 0.25) is 0 Å². The number of nitrogens with one attached hydrogen (secondary N) is 1. The summed E-state index contributed by atoms with van der Waals surface area (Å²) in [7, 11) is -1.83.